The van der Waals surface area contributed by atoms with Crippen LogP contribution in [0.2, 0.25) is 0 Å². The molecule has 2 N–H and O–H groups in total. The summed E-state index contributed by atoms with van der Waals surface area (Å²) in [5.74, 6) is 2.04. The molecule has 0 unspecified atom stereocenters. The standard InChI is InChI=1S/C20H32O2/c1-12-9-20-8-7-15-18(2,3)17(22)14(21)11-19(15,4)16(20)6-5-13(12)10-20/h9,13-17,21-22H,5-8,10-11H2,1-4H3/t13-,14+,15-,16+,17+,19-,20-/m1/s1. The van der Waals surface area contributed by atoms with Gasteiger partial charge < -0.3 is 10.2 Å². The van der Waals surface area contributed by atoms with E-state index in [-0.39, 0.29) is 10.8 Å². The highest BCUT2D eigenvalue weighted by Gasteiger charge is 2.64. The molecule has 7 atom stereocenters. The van der Waals surface area contributed by atoms with Gasteiger partial charge in [0.1, 0.15) is 0 Å². The Labute approximate surface area is 135 Å². The van der Waals surface area contributed by atoms with Crippen LogP contribution in [-0.4, -0.2) is 22.4 Å². The largest absolute Gasteiger partial charge is 0.390 e. The van der Waals surface area contributed by atoms with Gasteiger partial charge in [-0.1, -0.05) is 32.4 Å². The van der Waals surface area contributed by atoms with Crippen molar-refractivity contribution in [1.82, 2.24) is 0 Å². The lowest BCUT2D eigenvalue weighted by Crippen LogP contribution is -2.63. The second-order valence-electron chi connectivity index (χ2n) is 9.79. The fourth-order valence-corrected chi connectivity index (χ4v) is 7.57. The van der Waals surface area contributed by atoms with Crippen LogP contribution in [0.3, 0.4) is 0 Å². The maximum Gasteiger partial charge on any atom is 0.0852 e. The van der Waals surface area contributed by atoms with E-state index in [0.717, 1.165) is 12.3 Å². The molecule has 1 spiro atoms. The molecule has 124 valence electrons. The number of hydrogen-bond acceptors (Lipinski definition) is 2. The van der Waals surface area contributed by atoms with Crippen molar-refractivity contribution in [2.75, 3.05) is 0 Å². The zero-order chi connectivity index (χ0) is 15.9. The molecule has 4 aliphatic rings. The van der Waals surface area contributed by atoms with Crippen molar-refractivity contribution in [2.45, 2.75) is 78.4 Å². The first-order valence-electron chi connectivity index (χ1n) is 9.26. The minimum absolute atomic E-state index is 0.173. The third kappa shape index (κ3) is 1.69. The maximum atomic E-state index is 10.6. The molecule has 0 saturated heterocycles. The van der Waals surface area contributed by atoms with Gasteiger partial charge in [0.05, 0.1) is 12.2 Å². The highest BCUT2D eigenvalue weighted by Crippen LogP contribution is 2.70. The van der Waals surface area contributed by atoms with Crippen molar-refractivity contribution in [3.8, 4) is 0 Å². The first-order valence-corrected chi connectivity index (χ1v) is 9.26. The lowest BCUT2D eigenvalue weighted by Gasteiger charge is -2.65. The number of rotatable bonds is 0. The zero-order valence-corrected chi connectivity index (χ0v) is 14.6. The predicted octanol–water partition coefficient (Wildman–Crippen LogP) is 3.92. The summed E-state index contributed by atoms with van der Waals surface area (Å²) in [6, 6.07) is 0. The topological polar surface area (TPSA) is 40.5 Å². The van der Waals surface area contributed by atoms with Gasteiger partial charge in [0.25, 0.3) is 0 Å². The van der Waals surface area contributed by atoms with Gasteiger partial charge >= 0.3 is 0 Å². The molecule has 0 heterocycles. The van der Waals surface area contributed by atoms with Crippen LogP contribution in [0.25, 0.3) is 0 Å². The van der Waals surface area contributed by atoms with Gasteiger partial charge in [-0.05, 0) is 79.4 Å². The smallest absolute Gasteiger partial charge is 0.0852 e. The molecule has 4 rings (SSSR count). The zero-order valence-electron chi connectivity index (χ0n) is 14.6. The molecule has 0 radical (unpaired) electrons. The van der Waals surface area contributed by atoms with E-state index in [1.54, 1.807) is 5.57 Å². The third-order valence-electron chi connectivity index (χ3n) is 8.45. The Balaban J connectivity index is 1.77. The van der Waals surface area contributed by atoms with E-state index in [0.29, 0.717) is 17.3 Å². The highest BCUT2D eigenvalue weighted by molar-refractivity contribution is 5.27. The molecule has 0 aliphatic heterocycles. The van der Waals surface area contributed by atoms with E-state index in [1.165, 1.54) is 32.1 Å². The summed E-state index contributed by atoms with van der Waals surface area (Å²) in [6.07, 6.45) is 8.77. The molecule has 2 bridgehead atoms. The molecule has 0 aromatic heterocycles. The van der Waals surface area contributed by atoms with E-state index in [9.17, 15) is 10.2 Å². The summed E-state index contributed by atoms with van der Waals surface area (Å²) in [4.78, 5) is 0. The number of aliphatic hydroxyl groups excluding tert-OH is 2. The minimum Gasteiger partial charge on any atom is -0.390 e. The summed E-state index contributed by atoms with van der Waals surface area (Å²) in [7, 11) is 0. The van der Waals surface area contributed by atoms with Gasteiger partial charge in [0.15, 0.2) is 0 Å². The van der Waals surface area contributed by atoms with Crippen LogP contribution >= 0.6 is 0 Å². The Morgan fingerprint density at radius 1 is 1.00 bits per heavy atom. The summed E-state index contributed by atoms with van der Waals surface area (Å²) < 4.78 is 0. The van der Waals surface area contributed by atoms with Crippen molar-refractivity contribution in [3.63, 3.8) is 0 Å². The highest BCUT2D eigenvalue weighted by atomic mass is 16.3. The summed E-state index contributed by atoms with van der Waals surface area (Å²) >= 11 is 0. The van der Waals surface area contributed by atoms with Crippen LogP contribution in [-0.2, 0) is 0 Å². The Kier molecular flexibility index (Phi) is 3.03. The number of aliphatic hydroxyl groups is 2. The van der Waals surface area contributed by atoms with Gasteiger partial charge in [0.2, 0.25) is 0 Å². The molecule has 4 aliphatic carbocycles. The Hall–Kier alpha value is -0.340. The summed E-state index contributed by atoms with van der Waals surface area (Å²) in [5.41, 5.74) is 2.02. The predicted molar refractivity (Wildman–Crippen MR) is 88.3 cm³/mol. The third-order valence-corrected chi connectivity index (χ3v) is 8.45. The van der Waals surface area contributed by atoms with Gasteiger partial charge in [-0.15, -0.1) is 0 Å². The van der Waals surface area contributed by atoms with Crippen molar-refractivity contribution in [2.24, 2.45) is 34.0 Å². The van der Waals surface area contributed by atoms with E-state index in [4.69, 9.17) is 0 Å². The number of fused-ring (bicyclic) bond motifs is 3. The first-order chi connectivity index (χ1) is 10.2. The average Bonchev–Trinajstić information content (AvgIpc) is 2.66. The van der Waals surface area contributed by atoms with Crippen LogP contribution < -0.4 is 0 Å². The number of allylic oxidation sites excluding steroid dienone is 2. The fourth-order valence-electron chi connectivity index (χ4n) is 7.57. The lowest BCUT2D eigenvalue weighted by atomic mass is 9.40. The Morgan fingerprint density at radius 2 is 1.73 bits per heavy atom. The van der Waals surface area contributed by atoms with Crippen LogP contribution in [0.4, 0.5) is 0 Å². The van der Waals surface area contributed by atoms with Crippen LogP contribution in [0, 0.1) is 34.0 Å². The van der Waals surface area contributed by atoms with E-state index in [1.807, 2.05) is 0 Å². The first kappa shape index (κ1) is 15.2. The molecule has 0 amide bonds. The van der Waals surface area contributed by atoms with Gasteiger partial charge in [-0.3, -0.25) is 0 Å². The lowest BCUT2D eigenvalue weighted by molar-refractivity contribution is -0.212. The van der Waals surface area contributed by atoms with E-state index < -0.39 is 12.2 Å². The molecule has 2 nitrogen and oxygen atoms in total. The van der Waals surface area contributed by atoms with Crippen LogP contribution in [0.1, 0.15) is 66.2 Å². The molecular formula is C20H32O2. The van der Waals surface area contributed by atoms with Crippen molar-refractivity contribution in [3.05, 3.63) is 11.6 Å². The van der Waals surface area contributed by atoms with E-state index in [2.05, 4.69) is 33.8 Å². The monoisotopic (exact) mass is 304 g/mol. The van der Waals surface area contributed by atoms with Crippen LogP contribution in [0.5, 0.6) is 0 Å². The maximum absolute atomic E-state index is 10.6. The van der Waals surface area contributed by atoms with Crippen molar-refractivity contribution >= 4 is 0 Å². The molecule has 2 heteroatoms. The quantitative estimate of drug-likeness (QED) is 0.666. The van der Waals surface area contributed by atoms with Crippen molar-refractivity contribution < 1.29 is 10.2 Å². The normalized spacial score (nSPS) is 56.1. The number of hydrogen-bond donors (Lipinski definition) is 2. The molecule has 22 heavy (non-hydrogen) atoms. The second-order valence-corrected chi connectivity index (χ2v) is 9.79. The average molecular weight is 304 g/mol. The SMILES string of the molecule is CC1=C[C@@]23CC[C@@H]4C(C)(C)[C@@H](O)[C@@H](O)C[C@@]4(C)[C@@H]2CC[C@@H]1C3. The van der Waals surface area contributed by atoms with Gasteiger partial charge in [-0.25, -0.2) is 0 Å². The fraction of sp³-hybridized carbons (Fsp3) is 0.900. The second kappa shape index (κ2) is 4.39. The Morgan fingerprint density at radius 3 is 2.45 bits per heavy atom. The molecule has 3 saturated carbocycles. The minimum atomic E-state index is -0.572. The summed E-state index contributed by atoms with van der Waals surface area (Å²) in [5, 5.41) is 21.1. The molecule has 3 fully saturated rings. The van der Waals surface area contributed by atoms with Crippen molar-refractivity contribution in [1.29, 1.82) is 0 Å². The van der Waals surface area contributed by atoms with Gasteiger partial charge in [0, 0.05) is 0 Å². The molecular weight excluding hydrogens is 272 g/mol. The summed E-state index contributed by atoms with van der Waals surface area (Å²) in [6.45, 7) is 9.13. The van der Waals surface area contributed by atoms with E-state index >= 15 is 0 Å². The molecule has 0 aromatic carbocycles. The Bertz CT molecular complexity index is 522. The van der Waals surface area contributed by atoms with Gasteiger partial charge in [-0.2, -0.15) is 0 Å². The molecule has 0 aromatic rings. The van der Waals surface area contributed by atoms with Crippen LogP contribution in [0.15, 0.2) is 11.6 Å².